The normalized spacial score (nSPS) is 31.5. The molecule has 1 aromatic heterocycles. The highest BCUT2D eigenvalue weighted by molar-refractivity contribution is 5.24. The van der Waals surface area contributed by atoms with E-state index in [-0.39, 0.29) is 5.69 Å². The van der Waals surface area contributed by atoms with Gasteiger partial charge in [-0.25, -0.2) is 9.18 Å². The molecule has 5 atom stereocenters. The van der Waals surface area contributed by atoms with Crippen LogP contribution in [0, 0.1) is 18.8 Å². The zero-order valence-electron chi connectivity index (χ0n) is 12.5. The molecule has 2 rings (SSSR count). The van der Waals surface area contributed by atoms with Gasteiger partial charge < -0.3 is 20.1 Å². The van der Waals surface area contributed by atoms with Gasteiger partial charge in [-0.3, -0.25) is 14.3 Å². The molecule has 8 nitrogen and oxygen atoms in total. The number of hydrogen-bond donors (Lipinski definition) is 4. The third kappa shape index (κ3) is 2.94. The van der Waals surface area contributed by atoms with E-state index in [1.807, 2.05) is 10.9 Å². The Morgan fingerprint density at radius 3 is 2.74 bits per heavy atom. The summed E-state index contributed by atoms with van der Waals surface area (Å²) >= 11 is 0. The fourth-order valence-electron chi connectivity index (χ4n) is 2.58. The molecule has 23 heavy (non-hydrogen) atoms. The molecule has 1 aromatic rings. The standard InChI is InChI=1S/C14H17FN2O6/c1-7-6-9(19)16-13(21)17(7)12-14(22,4-3-5-15)11(20)10(23-12)8(2)18/h6,8,10-12,18,20,22H,5H2,1-2H3,(H,16,19,21)/t8-,10-,11+,12-,14?/m1/s1. The smallest absolute Gasteiger partial charge is 0.330 e. The number of H-pyrrole nitrogens is 1. The minimum Gasteiger partial charge on any atom is -0.391 e. The molecule has 1 saturated heterocycles. The lowest BCUT2D eigenvalue weighted by Crippen LogP contribution is -2.49. The number of aromatic nitrogens is 2. The van der Waals surface area contributed by atoms with Gasteiger partial charge in [0.05, 0.1) is 6.10 Å². The van der Waals surface area contributed by atoms with E-state index in [9.17, 15) is 29.3 Å². The highest BCUT2D eigenvalue weighted by atomic mass is 19.1. The van der Waals surface area contributed by atoms with E-state index >= 15 is 0 Å². The average Bonchev–Trinajstić information content (AvgIpc) is 2.70. The van der Waals surface area contributed by atoms with Gasteiger partial charge in [0.25, 0.3) is 5.56 Å². The molecular weight excluding hydrogens is 311 g/mol. The molecule has 1 aliphatic heterocycles. The van der Waals surface area contributed by atoms with Crippen LogP contribution in [0.3, 0.4) is 0 Å². The Morgan fingerprint density at radius 2 is 2.22 bits per heavy atom. The number of aromatic amines is 1. The van der Waals surface area contributed by atoms with E-state index in [0.717, 1.165) is 10.6 Å². The molecule has 9 heteroatoms. The summed E-state index contributed by atoms with van der Waals surface area (Å²) in [4.78, 5) is 25.4. The molecule has 1 fully saturated rings. The maximum absolute atomic E-state index is 12.4. The number of aliphatic hydroxyl groups is 3. The molecule has 0 aromatic carbocycles. The summed E-state index contributed by atoms with van der Waals surface area (Å²) in [5.74, 6) is 4.15. The zero-order valence-corrected chi connectivity index (χ0v) is 12.5. The number of aliphatic hydroxyl groups excluding tert-OH is 2. The van der Waals surface area contributed by atoms with Crippen LogP contribution in [0.1, 0.15) is 18.8 Å². The van der Waals surface area contributed by atoms with E-state index in [1.165, 1.54) is 13.8 Å². The molecule has 126 valence electrons. The van der Waals surface area contributed by atoms with Crippen molar-refractivity contribution in [2.45, 2.75) is 44.0 Å². The first-order chi connectivity index (χ1) is 10.7. The van der Waals surface area contributed by atoms with Crippen LogP contribution < -0.4 is 11.2 Å². The predicted octanol–water partition coefficient (Wildman–Crippen LogP) is -1.81. The van der Waals surface area contributed by atoms with Gasteiger partial charge in [-0.2, -0.15) is 0 Å². The van der Waals surface area contributed by atoms with Crippen LogP contribution in [0.5, 0.6) is 0 Å². The first kappa shape index (κ1) is 17.4. The van der Waals surface area contributed by atoms with Crippen molar-refractivity contribution in [3.8, 4) is 11.8 Å². The van der Waals surface area contributed by atoms with Gasteiger partial charge in [-0.05, 0) is 13.8 Å². The maximum Gasteiger partial charge on any atom is 0.330 e. The SMILES string of the molecule is Cc1cc(=O)[nH]c(=O)n1[C@@H]1O[C@H]([C@@H](C)O)[C@H](O)C1(O)C#CCF. The molecule has 1 unspecified atom stereocenters. The first-order valence-corrected chi connectivity index (χ1v) is 6.84. The molecule has 4 N–H and O–H groups in total. The number of nitrogens with zero attached hydrogens (tertiary/aromatic N) is 1. The van der Waals surface area contributed by atoms with Crippen molar-refractivity contribution < 1.29 is 24.4 Å². The fourth-order valence-corrected chi connectivity index (χ4v) is 2.58. The van der Waals surface area contributed by atoms with Crippen LogP contribution >= 0.6 is 0 Å². The van der Waals surface area contributed by atoms with Crippen LogP contribution in [0.15, 0.2) is 15.7 Å². The molecule has 0 saturated carbocycles. The van der Waals surface area contributed by atoms with Crippen LogP contribution in [0.4, 0.5) is 4.39 Å². The second-order valence-corrected chi connectivity index (χ2v) is 5.35. The van der Waals surface area contributed by atoms with Gasteiger partial charge in [0.1, 0.15) is 18.9 Å². The highest BCUT2D eigenvalue weighted by Gasteiger charge is 2.57. The van der Waals surface area contributed by atoms with Crippen LogP contribution in [-0.4, -0.2) is 55.5 Å². The summed E-state index contributed by atoms with van der Waals surface area (Å²) < 4.78 is 18.7. The molecule has 0 amide bonds. The van der Waals surface area contributed by atoms with Crippen molar-refractivity contribution in [1.82, 2.24) is 9.55 Å². The van der Waals surface area contributed by atoms with Crippen LogP contribution in [0.2, 0.25) is 0 Å². The Labute approximate surface area is 130 Å². The molecular formula is C14H17FN2O6. The number of aryl methyl sites for hydroxylation is 1. The minimum absolute atomic E-state index is 0.141. The lowest BCUT2D eigenvalue weighted by atomic mass is 9.92. The van der Waals surface area contributed by atoms with Crippen molar-refractivity contribution in [3.05, 3.63) is 32.6 Å². The highest BCUT2D eigenvalue weighted by Crippen LogP contribution is 2.39. The second-order valence-electron chi connectivity index (χ2n) is 5.35. The monoisotopic (exact) mass is 328 g/mol. The van der Waals surface area contributed by atoms with E-state index in [0.29, 0.717) is 0 Å². The number of ether oxygens (including phenoxy) is 1. The largest absolute Gasteiger partial charge is 0.391 e. The van der Waals surface area contributed by atoms with E-state index in [2.05, 4.69) is 5.92 Å². The average molecular weight is 328 g/mol. The zero-order chi connectivity index (χ0) is 17.4. The van der Waals surface area contributed by atoms with Crippen molar-refractivity contribution in [2.75, 3.05) is 6.67 Å². The lowest BCUT2D eigenvalue weighted by Gasteiger charge is -2.27. The number of nitrogens with one attached hydrogen (secondary N) is 1. The summed E-state index contributed by atoms with van der Waals surface area (Å²) in [5, 5.41) is 30.6. The molecule has 0 aliphatic carbocycles. The number of alkyl halides is 1. The molecule has 0 spiro atoms. The molecule has 2 heterocycles. The van der Waals surface area contributed by atoms with E-state index < -0.39 is 48.1 Å². The van der Waals surface area contributed by atoms with E-state index in [4.69, 9.17) is 4.74 Å². The Kier molecular flexibility index (Phi) is 4.72. The van der Waals surface area contributed by atoms with Crippen LogP contribution in [-0.2, 0) is 4.74 Å². The van der Waals surface area contributed by atoms with Gasteiger partial charge in [0.15, 0.2) is 11.8 Å². The van der Waals surface area contributed by atoms with Gasteiger partial charge >= 0.3 is 5.69 Å². The quantitative estimate of drug-likeness (QED) is 0.474. The Bertz CT molecular complexity index is 761. The summed E-state index contributed by atoms with van der Waals surface area (Å²) in [7, 11) is 0. The topological polar surface area (TPSA) is 125 Å². The van der Waals surface area contributed by atoms with Crippen molar-refractivity contribution in [2.24, 2.45) is 0 Å². The third-order valence-electron chi connectivity index (χ3n) is 3.66. The molecule has 0 bridgehead atoms. The van der Waals surface area contributed by atoms with Crippen molar-refractivity contribution >= 4 is 0 Å². The number of rotatable bonds is 2. The lowest BCUT2D eigenvalue weighted by molar-refractivity contribution is -0.0892. The summed E-state index contributed by atoms with van der Waals surface area (Å²) in [5.41, 5.74) is -3.73. The molecule has 0 radical (unpaired) electrons. The Balaban J connectivity index is 2.63. The van der Waals surface area contributed by atoms with Crippen molar-refractivity contribution in [3.63, 3.8) is 0 Å². The molecule has 1 aliphatic rings. The van der Waals surface area contributed by atoms with Gasteiger partial charge in [-0.1, -0.05) is 11.8 Å². The van der Waals surface area contributed by atoms with E-state index in [1.54, 1.807) is 0 Å². The van der Waals surface area contributed by atoms with Gasteiger partial charge in [-0.15, -0.1) is 0 Å². The van der Waals surface area contributed by atoms with Gasteiger partial charge in [0, 0.05) is 11.8 Å². The summed E-state index contributed by atoms with van der Waals surface area (Å²) in [6.45, 7) is 1.66. The van der Waals surface area contributed by atoms with Gasteiger partial charge in [0.2, 0.25) is 0 Å². The third-order valence-corrected chi connectivity index (χ3v) is 3.66. The Morgan fingerprint density at radius 1 is 1.57 bits per heavy atom. The second kappa shape index (κ2) is 6.25. The van der Waals surface area contributed by atoms with Crippen molar-refractivity contribution in [1.29, 1.82) is 0 Å². The predicted molar refractivity (Wildman–Crippen MR) is 76.4 cm³/mol. The fraction of sp³-hybridized carbons (Fsp3) is 0.571. The minimum atomic E-state index is -2.33. The number of halogens is 1. The summed E-state index contributed by atoms with van der Waals surface area (Å²) in [6.07, 6.45) is -5.66. The Hall–Kier alpha value is -1.99. The first-order valence-electron chi connectivity index (χ1n) is 6.84. The number of hydrogen-bond acceptors (Lipinski definition) is 6. The summed E-state index contributed by atoms with van der Waals surface area (Å²) in [6, 6.07) is 1.09. The maximum atomic E-state index is 12.4. The van der Waals surface area contributed by atoms with Crippen LogP contribution in [0.25, 0.3) is 0 Å².